The minimum absolute atomic E-state index is 0.165. The summed E-state index contributed by atoms with van der Waals surface area (Å²) in [4.78, 5) is 18.1. The van der Waals surface area contributed by atoms with E-state index < -0.39 is 0 Å². The zero-order valence-corrected chi connectivity index (χ0v) is 12.6. The van der Waals surface area contributed by atoms with Crippen LogP contribution in [0.1, 0.15) is 19.3 Å². The van der Waals surface area contributed by atoms with Crippen molar-refractivity contribution in [3.05, 3.63) is 0 Å². The van der Waals surface area contributed by atoms with E-state index in [2.05, 4.69) is 20.5 Å². The maximum atomic E-state index is 11.4. The molecule has 21 heavy (non-hydrogen) atoms. The van der Waals surface area contributed by atoms with Crippen molar-refractivity contribution in [2.24, 2.45) is 16.6 Å². The molecule has 2 rings (SSSR count). The van der Waals surface area contributed by atoms with Gasteiger partial charge in [0.15, 0.2) is 5.96 Å². The molecule has 7 nitrogen and oxygen atoms in total. The van der Waals surface area contributed by atoms with Crippen LogP contribution in [-0.4, -0.2) is 69.2 Å². The Balaban J connectivity index is 1.45. The molecule has 0 bridgehead atoms. The van der Waals surface area contributed by atoms with Crippen LogP contribution in [0.3, 0.4) is 0 Å². The Bertz CT molecular complexity index is 351. The summed E-state index contributed by atoms with van der Waals surface area (Å²) in [5.74, 6) is 0.881. The van der Waals surface area contributed by atoms with E-state index >= 15 is 0 Å². The highest BCUT2D eigenvalue weighted by Crippen LogP contribution is 2.28. The van der Waals surface area contributed by atoms with E-state index in [9.17, 15) is 4.79 Å². The second-order valence-corrected chi connectivity index (χ2v) is 5.57. The van der Waals surface area contributed by atoms with Gasteiger partial charge in [-0.15, -0.1) is 0 Å². The molecule has 1 saturated heterocycles. The van der Waals surface area contributed by atoms with Gasteiger partial charge in [0, 0.05) is 45.2 Å². The molecule has 1 aliphatic carbocycles. The van der Waals surface area contributed by atoms with Gasteiger partial charge >= 0.3 is 0 Å². The van der Waals surface area contributed by atoms with Crippen molar-refractivity contribution in [1.82, 2.24) is 15.5 Å². The SMILES string of the molecule is NC(=NCCCN1CCOCC1)NCCNC(=O)C1CC1. The lowest BCUT2D eigenvalue weighted by atomic mass is 10.3. The maximum Gasteiger partial charge on any atom is 0.223 e. The fraction of sp³-hybridized carbons (Fsp3) is 0.857. The molecule has 0 aromatic carbocycles. The van der Waals surface area contributed by atoms with Gasteiger partial charge in [-0.1, -0.05) is 0 Å². The van der Waals surface area contributed by atoms with Crippen LogP contribution >= 0.6 is 0 Å². The van der Waals surface area contributed by atoms with Gasteiger partial charge in [-0.25, -0.2) is 0 Å². The maximum absolute atomic E-state index is 11.4. The molecule has 2 aliphatic rings. The third kappa shape index (κ3) is 6.77. The minimum Gasteiger partial charge on any atom is -0.379 e. The highest BCUT2D eigenvalue weighted by Gasteiger charge is 2.28. The average Bonchev–Trinajstić information content (AvgIpc) is 3.34. The summed E-state index contributed by atoms with van der Waals surface area (Å²) in [5, 5.41) is 5.89. The third-order valence-corrected chi connectivity index (χ3v) is 3.70. The number of nitrogens with zero attached hydrogens (tertiary/aromatic N) is 2. The molecule has 2 fully saturated rings. The van der Waals surface area contributed by atoms with Crippen molar-refractivity contribution in [3.8, 4) is 0 Å². The van der Waals surface area contributed by atoms with Crippen LogP contribution < -0.4 is 16.4 Å². The number of hydrogen-bond acceptors (Lipinski definition) is 4. The van der Waals surface area contributed by atoms with E-state index in [1.54, 1.807) is 0 Å². The van der Waals surface area contributed by atoms with Gasteiger partial charge < -0.3 is 21.1 Å². The van der Waals surface area contributed by atoms with Gasteiger partial charge in [0.2, 0.25) is 5.91 Å². The van der Waals surface area contributed by atoms with Crippen molar-refractivity contribution < 1.29 is 9.53 Å². The van der Waals surface area contributed by atoms with Crippen LogP contribution in [-0.2, 0) is 9.53 Å². The van der Waals surface area contributed by atoms with Crippen LogP contribution in [0.15, 0.2) is 4.99 Å². The molecular formula is C14H27N5O2. The molecular weight excluding hydrogens is 270 g/mol. The Morgan fingerprint density at radius 3 is 2.67 bits per heavy atom. The summed E-state index contributed by atoms with van der Waals surface area (Å²) < 4.78 is 5.31. The first-order chi connectivity index (χ1) is 10.3. The zero-order chi connectivity index (χ0) is 14.9. The second kappa shape index (κ2) is 8.84. The summed E-state index contributed by atoms with van der Waals surface area (Å²) in [7, 11) is 0. The van der Waals surface area contributed by atoms with E-state index in [-0.39, 0.29) is 11.8 Å². The predicted molar refractivity (Wildman–Crippen MR) is 82.1 cm³/mol. The molecule has 0 spiro atoms. The monoisotopic (exact) mass is 297 g/mol. The van der Waals surface area contributed by atoms with Crippen molar-refractivity contribution in [2.75, 3.05) is 52.5 Å². The first-order valence-electron chi connectivity index (χ1n) is 7.87. The molecule has 0 unspecified atom stereocenters. The number of rotatable bonds is 8. The molecule has 7 heteroatoms. The van der Waals surface area contributed by atoms with Crippen molar-refractivity contribution in [1.29, 1.82) is 0 Å². The van der Waals surface area contributed by atoms with Crippen molar-refractivity contribution >= 4 is 11.9 Å². The molecule has 120 valence electrons. The van der Waals surface area contributed by atoms with Crippen LogP contribution in [0.2, 0.25) is 0 Å². The lowest BCUT2D eigenvalue weighted by Gasteiger charge is -2.26. The number of aliphatic imine (C=N–C) groups is 1. The molecule has 0 atom stereocenters. The summed E-state index contributed by atoms with van der Waals surface area (Å²) in [5.41, 5.74) is 5.77. The summed E-state index contributed by atoms with van der Waals surface area (Å²) >= 11 is 0. The number of guanidine groups is 1. The number of nitrogens with two attached hydrogens (primary N) is 1. The molecule has 1 saturated carbocycles. The van der Waals surface area contributed by atoms with E-state index in [0.29, 0.717) is 19.0 Å². The topological polar surface area (TPSA) is 92.0 Å². The minimum atomic E-state index is 0.165. The zero-order valence-electron chi connectivity index (χ0n) is 12.6. The first kappa shape index (κ1) is 16.0. The van der Waals surface area contributed by atoms with E-state index in [4.69, 9.17) is 10.5 Å². The largest absolute Gasteiger partial charge is 0.379 e. The van der Waals surface area contributed by atoms with Gasteiger partial charge in [0.05, 0.1) is 13.2 Å². The van der Waals surface area contributed by atoms with Crippen LogP contribution in [0, 0.1) is 5.92 Å². The molecule has 0 aromatic rings. The molecule has 1 aliphatic heterocycles. The number of carbonyl (C=O) groups excluding carboxylic acids is 1. The van der Waals surface area contributed by atoms with Gasteiger partial charge in [0.25, 0.3) is 0 Å². The quantitative estimate of drug-likeness (QED) is 0.308. The number of carbonyl (C=O) groups is 1. The molecule has 0 radical (unpaired) electrons. The Hall–Kier alpha value is -1.34. The number of hydrogen-bond donors (Lipinski definition) is 3. The first-order valence-corrected chi connectivity index (χ1v) is 7.87. The Labute approximate surface area is 126 Å². The average molecular weight is 297 g/mol. The standard InChI is InChI=1S/C14H27N5O2/c15-14(18-6-5-16-13(20)12-2-3-12)17-4-1-7-19-8-10-21-11-9-19/h12H,1-11H2,(H,16,20)(H3,15,17,18). The fourth-order valence-electron chi connectivity index (χ4n) is 2.24. The Kier molecular flexibility index (Phi) is 6.75. The van der Waals surface area contributed by atoms with Crippen molar-refractivity contribution in [3.63, 3.8) is 0 Å². The van der Waals surface area contributed by atoms with E-state index in [1.807, 2.05) is 0 Å². The smallest absolute Gasteiger partial charge is 0.223 e. The third-order valence-electron chi connectivity index (χ3n) is 3.70. The molecule has 0 aromatic heterocycles. The van der Waals surface area contributed by atoms with Gasteiger partial charge in [-0.05, 0) is 19.3 Å². The lowest BCUT2D eigenvalue weighted by molar-refractivity contribution is -0.122. The van der Waals surface area contributed by atoms with Gasteiger partial charge in [-0.3, -0.25) is 14.7 Å². The van der Waals surface area contributed by atoms with Crippen LogP contribution in [0.4, 0.5) is 0 Å². The Morgan fingerprint density at radius 2 is 1.95 bits per heavy atom. The molecule has 1 heterocycles. The highest BCUT2D eigenvalue weighted by atomic mass is 16.5. The van der Waals surface area contributed by atoms with Crippen LogP contribution in [0.25, 0.3) is 0 Å². The number of morpholine rings is 1. The summed E-state index contributed by atoms with van der Waals surface area (Å²) in [6.45, 7) is 6.67. The van der Waals surface area contributed by atoms with Crippen molar-refractivity contribution in [2.45, 2.75) is 19.3 Å². The van der Waals surface area contributed by atoms with Crippen LogP contribution in [0.5, 0.6) is 0 Å². The number of amides is 1. The Morgan fingerprint density at radius 1 is 1.24 bits per heavy atom. The fourth-order valence-corrected chi connectivity index (χ4v) is 2.24. The molecule has 4 N–H and O–H groups in total. The summed E-state index contributed by atoms with van der Waals surface area (Å²) in [6, 6.07) is 0. The highest BCUT2D eigenvalue weighted by molar-refractivity contribution is 5.81. The van der Waals surface area contributed by atoms with E-state index in [1.165, 1.54) is 0 Å². The normalized spacial score (nSPS) is 20.3. The van der Waals surface area contributed by atoms with Gasteiger partial charge in [0.1, 0.15) is 0 Å². The second-order valence-electron chi connectivity index (χ2n) is 5.57. The lowest BCUT2D eigenvalue weighted by Crippen LogP contribution is -2.39. The molecule has 1 amide bonds. The van der Waals surface area contributed by atoms with Gasteiger partial charge in [-0.2, -0.15) is 0 Å². The number of ether oxygens (including phenoxy) is 1. The summed E-state index contributed by atoms with van der Waals surface area (Å²) in [6.07, 6.45) is 3.07. The van der Waals surface area contributed by atoms with E-state index in [0.717, 1.165) is 58.7 Å². The predicted octanol–water partition coefficient (Wildman–Crippen LogP) is -0.861. The number of nitrogens with one attached hydrogen (secondary N) is 2.